The minimum atomic E-state index is -0.465. The average Bonchev–Trinajstić information content (AvgIpc) is 2.85. The first-order valence-corrected chi connectivity index (χ1v) is 17.0. The van der Waals surface area contributed by atoms with Gasteiger partial charge < -0.3 is 10.4 Å². The van der Waals surface area contributed by atoms with Crippen molar-refractivity contribution in [3.63, 3.8) is 0 Å². The molecule has 0 aromatic heterocycles. The molecule has 3 heteroatoms. The van der Waals surface area contributed by atoms with Gasteiger partial charge in [-0.3, -0.25) is 0 Å². The van der Waals surface area contributed by atoms with Crippen molar-refractivity contribution in [1.82, 2.24) is 5.32 Å². The minimum absolute atomic E-state index is 0.346. The Balaban J connectivity index is 3.75. The molecule has 2 N–H and O–H groups in total. The summed E-state index contributed by atoms with van der Waals surface area (Å²) in [4.78, 5) is 0.715. The monoisotopic (exact) mass is 525 g/mol. The van der Waals surface area contributed by atoms with Gasteiger partial charge in [0.2, 0.25) is 0 Å². The normalized spacial score (nSPS) is 13.1. The lowest BCUT2D eigenvalue weighted by Gasteiger charge is -2.24. The Bertz CT molecular complexity index is 441. The van der Waals surface area contributed by atoms with Gasteiger partial charge in [-0.25, -0.2) is 0 Å². The van der Waals surface area contributed by atoms with E-state index in [9.17, 15) is 5.11 Å². The highest BCUT2D eigenvalue weighted by Crippen LogP contribution is 2.22. The summed E-state index contributed by atoms with van der Waals surface area (Å²) < 4.78 is 0. The molecule has 0 spiro atoms. The lowest BCUT2D eigenvalue weighted by atomic mass is 9.92. The van der Waals surface area contributed by atoms with E-state index in [4.69, 9.17) is 12.2 Å². The Labute approximate surface area is 233 Å². The van der Waals surface area contributed by atoms with Gasteiger partial charge in [0.15, 0.2) is 0 Å². The third-order valence-corrected chi connectivity index (χ3v) is 8.02. The molecule has 0 aliphatic heterocycles. The smallest absolute Gasteiger partial charge is 0.127 e. The van der Waals surface area contributed by atoms with Crippen LogP contribution in [0, 0.1) is 5.92 Å². The second-order valence-corrected chi connectivity index (χ2v) is 12.2. The van der Waals surface area contributed by atoms with E-state index in [1.165, 1.54) is 161 Å². The second kappa shape index (κ2) is 29.4. The molecule has 0 heterocycles. The molecule has 0 fully saturated rings. The van der Waals surface area contributed by atoms with Crippen LogP contribution in [0.2, 0.25) is 0 Å². The summed E-state index contributed by atoms with van der Waals surface area (Å²) in [5.74, 6) is 0.346. The van der Waals surface area contributed by atoms with Crippen molar-refractivity contribution < 1.29 is 5.11 Å². The molecule has 0 radical (unpaired) electrons. The lowest BCUT2D eigenvalue weighted by molar-refractivity contribution is 0.0812. The minimum Gasteiger partial charge on any atom is -0.374 e. The number of hydrogen-bond acceptors (Lipinski definition) is 2. The van der Waals surface area contributed by atoms with Gasteiger partial charge in [-0.1, -0.05) is 187 Å². The van der Waals surface area contributed by atoms with Crippen LogP contribution in [0.4, 0.5) is 0 Å². The number of hydrogen-bond donors (Lipinski definition) is 2. The summed E-state index contributed by atoms with van der Waals surface area (Å²) in [5, 5.41) is 13.8. The molecule has 0 aliphatic rings. The van der Waals surface area contributed by atoms with Crippen LogP contribution in [0.25, 0.3) is 0 Å². The van der Waals surface area contributed by atoms with Crippen LogP contribution in [-0.2, 0) is 0 Å². The average molecular weight is 526 g/mol. The van der Waals surface area contributed by atoms with E-state index in [2.05, 4.69) is 19.2 Å². The molecular weight excluding hydrogens is 458 g/mol. The number of rotatable bonds is 29. The fraction of sp³-hybridized carbons (Fsp3) is 0.970. The SMILES string of the molecule is CCCCCCCCCCCCCCCC(CCCCCCCCCCCCCC)C(O)NC(C)=S. The van der Waals surface area contributed by atoms with Crippen molar-refractivity contribution in [2.45, 2.75) is 200 Å². The van der Waals surface area contributed by atoms with Crippen molar-refractivity contribution in [3.8, 4) is 0 Å². The fourth-order valence-electron chi connectivity index (χ4n) is 5.46. The van der Waals surface area contributed by atoms with Crippen molar-refractivity contribution in [3.05, 3.63) is 0 Å². The second-order valence-electron chi connectivity index (χ2n) is 11.6. The van der Waals surface area contributed by atoms with Gasteiger partial charge in [0.1, 0.15) is 6.23 Å². The first-order chi connectivity index (χ1) is 17.6. The number of aliphatic hydroxyl groups is 1. The topological polar surface area (TPSA) is 32.3 Å². The highest BCUT2D eigenvalue weighted by Gasteiger charge is 2.18. The van der Waals surface area contributed by atoms with E-state index >= 15 is 0 Å². The predicted octanol–water partition coefficient (Wildman–Crippen LogP) is 11.4. The van der Waals surface area contributed by atoms with Gasteiger partial charge in [-0.15, -0.1) is 0 Å². The molecule has 0 bridgehead atoms. The molecule has 2 atom stereocenters. The standard InChI is InChI=1S/C33H67NOS/c1-4-6-8-10-12-14-16-18-20-22-24-26-28-30-32(33(35)34-31(3)36)29-27-25-23-21-19-17-15-13-11-9-7-5-2/h32-33,35H,4-30H2,1-3H3,(H,34,36). The summed E-state index contributed by atoms with van der Waals surface area (Å²) in [7, 11) is 0. The van der Waals surface area contributed by atoms with Gasteiger partial charge in [-0.05, 0) is 19.8 Å². The predicted molar refractivity (Wildman–Crippen MR) is 167 cm³/mol. The summed E-state index contributed by atoms with van der Waals surface area (Å²) in [6, 6.07) is 0. The van der Waals surface area contributed by atoms with E-state index in [-0.39, 0.29) is 0 Å². The highest BCUT2D eigenvalue weighted by molar-refractivity contribution is 7.80. The molecule has 0 saturated carbocycles. The molecule has 0 aliphatic carbocycles. The van der Waals surface area contributed by atoms with Crippen molar-refractivity contribution in [1.29, 1.82) is 0 Å². The third kappa shape index (κ3) is 26.9. The molecule has 0 saturated heterocycles. The summed E-state index contributed by atoms with van der Waals surface area (Å²) in [6.45, 7) is 6.46. The molecule has 0 aromatic rings. The van der Waals surface area contributed by atoms with E-state index < -0.39 is 6.23 Å². The van der Waals surface area contributed by atoms with E-state index in [0.717, 1.165) is 12.8 Å². The Hall–Kier alpha value is -0.150. The first-order valence-electron chi connectivity index (χ1n) is 16.6. The zero-order valence-electron chi connectivity index (χ0n) is 25.1. The molecule has 36 heavy (non-hydrogen) atoms. The van der Waals surface area contributed by atoms with Gasteiger partial charge >= 0.3 is 0 Å². The number of nitrogens with one attached hydrogen (secondary N) is 1. The number of thiocarbonyl (C=S) groups is 1. The van der Waals surface area contributed by atoms with E-state index in [1.807, 2.05) is 6.92 Å². The van der Waals surface area contributed by atoms with Crippen molar-refractivity contribution in [2.75, 3.05) is 0 Å². The zero-order chi connectivity index (χ0) is 26.5. The Kier molecular flexibility index (Phi) is 29.3. The maximum absolute atomic E-state index is 10.6. The van der Waals surface area contributed by atoms with Crippen LogP contribution < -0.4 is 5.32 Å². The third-order valence-electron chi connectivity index (χ3n) is 7.90. The lowest BCUT2D eigenvalue weighted by Crippen LogP contribution is -2.38. The fourth-order valence-corrected chi connectivity index (χ4v) is 5.58. The quantitative estimate of drug-likeness (QED) is 0.0578. The van der Waals surface area contributed by atoms with Crippen LogP contribution in [0.5, 0.6) is 0 Å². The van der Waals surface area contributed by atoms with Crippen molar-refractivity contribution in [2.24, 2.45) is 5.92 Å². The first kappa shape index (κ1) is 35.9. The largest absolute Gasteiger partial charge is 0.374 e. The van der Waals surface area contributed by atoms with Crippen LogP contribution in [-0.4, -0.2) is 16.3 Å². The summed E-state index contributed by atoms with van der Waals surface area (Å²) >= 11 is 5.19. The van der Waals surface area contributed by atoms with Gasteiger partial charge in [0, 0.05) is 5.92 Å². The molecule has 2 unspecified atom stereocenters. The van der Waals surface area contributed by atoms with Gasteiger partial charge in [0.05, 0.1) is 4.99 Å². The molecular formula is C33H67NOS. The van der Waals surface area contributed by atoms with Gasteiger partial charge in [0.25, 0.3) is 0 Å². The Morgan fingerprint density at radius 2 is 0.750 bits per heavy atom. The summed E-state index contributed by atoms with van der Waals surface area (Å²) in [5.41, 5.74) is 0. The molecule has 0 amide bonds. The van der Waals surface area contributed by atoms with Crippen molar-refractivity contribution >= 4 is 17.2 Å². The number of aliphatic hydroxyl groups excluding tert-OH is 1. The highest BCUT2D eigenvalue weighted by atomic mass is 32.1. The summed E-state index contributed by atoms with van der Waals surface area (Å²) in [6.07, 6.45) is 36.5. The van der Waals surface area contributed by atoms with Gasteiger partial charge in [-0.2, -0.15) is 0 Å². The van der Waals surface area contributed by atoms with E-state index in [1.54, 1.807) is 0 Å². The Morgan fingerprint density at radius 3 is 1.00 bits per heavy atom. The molecule has 2 nitrogen and oxygen atoms in total. The van der Waals surface area contributed by atoms with Crippen LogP contribution in [0.1, 0.15) is 194 Å². The maximum Gasteiger partial charge on any atom is 0.127 e. The number of unbranched alkanes of at least 4 members (excludes halogenated alkanes) is 23. The maximum atomic E-state index is 10.6. The van der Waals surface area contributed by atoms with Crippen LogP contribution in [0.3, 0.4) is 0 Å². The Morgan fingerprint density at radius 1 is 0.500 bits per heavy atom. The molecule has 216 valence electrons. The van der Waals surface area contributed by atoms with Crippen LogP contribution >= 0.6 is 12.2 Å². The zero-order valence-corrected chi connectivity index (χ0v) is 25.9. The van der Waals surface area contributed by atoms with Crippen LogP contribution in [0.15, 0.2) is 0 Å². The van der Waals surface area contributed by atoms with E-state index in [0.29, 0.717) is 10.9 Å². The molecule has 0 rings (SSSR count). The molecule has 0 aromatic carbocycles.